The predicted molar refractivity (Wildman–Crippen MR) is 73.7 cm³/mol. The predicted octanol–water partition coefficient (Wildman–Crippen LogP) is 3.77. The second-order valence-corrected chi connectivity index (χ2v) is 6.08. The Bertz CT molecular complexity index is 546. The first-order valence-electron chi connectivity index (χ1n) is 5.06. The molecule has 2 aromatic rings. The molecule has 0 spiro atoms. The minimum Gasteiger partial charge on any atom is -0.321 e. The molecule has 0 atom stereocenters. The van der Waals surface area contributed by atoms with Gasteiger partial charge in [-0.2, -0.15) is 0 Å². The first-order valence-corrected chi connectivity index (χ1v) is 6.67. The van der Waals surface area contributed by atoms with Crippen LogP contribution in [0.25, 0.3) is 0 Å². The topological polar surface area (TPSA) is 42.0 Å². The fourth-order valence-electron chi connectivity index (χ4n) is 1.37. The molecule has 1 N–H and O–H groups in total. The van der Waals surface area contributed by atoms with Crippen molar-refractivity contribution in [3.63, 3.8) is 0 Å². The molecule has 0 radical (unpaired) electrons. The summed E-state index contributed by atoms with van der Waals surface area (Å²) in [7, 11) is 0. The Hall–Kier alpha value is -1.20. The van der Waals surface area contributed by atoms with Gasteiger partial charge in [-0.3, -0.25) is 9.78 Å². The Morgan fingerprint density at radius 3 is 2.76 bits per heavy atom. The van der Waals surface area contributed by atoms with Crippen LogP contribution in [-0.2, 0) is 0 Å². The van der Waals surface area contributed by atoms with Crippen LogP contribution in [-0.4, -0.2) is 10.9 Å². The van der Waals surface area contributed by atoms with Crippen molar-refractivity contribution in [1.82, 2.24) is 4.98 Å². The van der Waals surface area contributed by atoms with Gasteiger partial charge < -0.3 is 5.32 Å². The number of thiophene rings is 1. The molecule has 88 valence electrons. The summed E-state index contributed by atoms with van der Waals surface area (Å²) < 4.78 is 0.995. The van der Waals surface area contributed by atoms with Crippen molar-refractivity contribution in [1.29, 1.82) is 0 Å². The number of amides is 1. The largest absolute Gasteiger partial charge is 0.321 e. The minimum absolute atomic E-state index is 0.0851. The summed E-state index contributed by atoms with van der Waals surface area (Å²) in [6.45, 7) is 3.88. The summed E-state index contributed by atoms with van der Waals surface area (Å²) in [5.41, 5.74) is 2.83. The van der Waals surface area contributed by atoms with E-state index in [0.29, 0.717) is 4.88 Å². The molecular formula is C12H11BrN2OS. The number of rotatable bonds is 2. The lowest BCUT2D eigenvalue weighted by molar-refractivity contribution is 0.103. The normalized spacial score (nSPS) is 10.3. The van der Waals surface area contributed by atoms with E-state index < -0.39 is 0 Å². The van der Waals surface area contributed by atoms with Crippen molar-refractivity contribution >= 4 is 38.9 Å². The summed E-state index contributed by atoms with van der Waals surface area (Å²) >= 11 is 4.85. The molecule has 0 unspecified atom stereocenters. The third-order valence-electron chi connectivity index (χ3n) is 2.35. The molecule has 0 aliphatic carbocycles. The van der Waals surface area contributed by atoms with Gasteiger partial charge in [-0.1, -0.05) is 0 Å². The van der Waals surface area contributed by atoms with Gasteiger partial charge in [-0.25, -0.2) is 0 Å². The van der Waals surface area contributed by atoms with Crippen LogP contribution in [0.4, 0.5) is 5.69 Å². The molecule has 5 heteroatoms. The summed E-state index contributed by atoms with van der Waals surface area (Å²) in [6.07, 6.45) is 3.39. The van der Waals surface area contributed by atoms with E-state index in [1.165, 1.54) is 11.3 Å². The number of nitrogens with one attached hydrogen (secondary N) is 1. The Kier molecular flexibility index (Phi) is 3.59. The van der Waals surface area contributed by atoms with Crippen LogP contribution in [0.5, 0.6) is 0 Å². The zero-order valence-corrected chi connectivity index (χ0v) is 11.9. The zero-order valence-electron chi connectivity index (χ0n) is 9.45. The van der Waals surface area contributed by atoms with Crippen LogP contribution in [0.1, 0.15) is 20.8 Å². The molecular weight excluding hydrogens is 300 g/mol. The van der Waals surface area contributed by atoms with Crippen LogP contribution < -0.4 is 5.32 Å². The summed E-state index contributed by atoms with van der Waals surface area (Å²) in [5, 5.41) is 2.88. The molecule has 0 fully saturated rings. The number of hydrogen-bond donors (Lipinski definition) is 1. The molecule has 0 aliphatic heterocycles. The van der Waals surface area contributed by atoms with Gasteiger partial charge in [-0.05, 0) is 53.0 Å². The fraction of sp³-hybridized carbons (Fsp3) is 0.167. The Labute approximate surface area is 112 Å². The summed E-state index contributed by atoms with van der Waals surface area (Å²) in [5.74, 6) is -0.0851. The first kappa shape index (κ1) is 12.3. The van der Waals surface area contributed by atoms with Crippen molar-refractivity contribution < 1.29 is 4.79 Å². The molecule has 0 saturated carbocycles. The third kappa shape index (κ3) is 2.73. The van der Waals surface area contributed by atoms with E-state index in [2.05, 4.69) is 26.2 Å². The van der Waals surface area contributed by atoms with Crippen LogP contribution in [0, 0.1) is 13.8 Å². The van der Waals surface area contributed by atoms with Crippen LogP contribution in [0.2, 0.25) is 0 Å². The molecule has 2 heterocycles. The number of hydrogen-bond acceptors (Lipinski definition) is 3. The number of carbonyl (C=O) groups is 1. The minimum atomic E-state index is -0.0851. The van der Waals surface area contributed by atoms with Gasteiger partial charge >= 0.3 is 0 Å². The van der Waals surface area contributed by atoms with E-state index in [0.717, 1.165) is 20.6 Å². The Balaban J connectivity index is 2.20. The average Bonchev–Trinajstić information content (AvgIpc) is 2.63. The van der Waals surface area contributed by atoms with E-state index in [1.807, 2.05) is 19.9 Å². The highest BCUT2D eigenvalue weighted by atomic mass is 79.9. The van der Waals surface area contributed by atoms with E-state index in [1.54, 1.807) is 18.5 Å². The Morgan fingerprint density at radius 1 is 1.41 bits per heavy atom. The van der Waals surface area contributed by atoms with E-state index in [9.17, 15) is 4.79 Å². The van der Waals surface area contributed by atoms with Crippen molar-refractivity contribution in [2.75, 3.05) is 5.32 Å². The van der Waals surface area contributed by atoms with Crippen molar-refractivity contribution in [2.45, 2.75) is 13.8 Å². The lowest BCUT2D eigenvalue weighted by atomic mass is 10.2. The average molecular weight is 311 g/mol. The van der Waals surface area contributed by atoms with E-state index in [4.69, 9.17) is 0 Å². The number of carbonyl (C=O) groups excluding carboxylic acids is 1. The van der Waals surface area contributed by atoms with E-state index in [-0.39, 0.29) is 5.91 Å². The molecule has 0 aromatic carbocycles. The maximum atomic E-state index is 12.0. The second-order valence-electron chi connectivity index (χ2n) is 3.71. The molecule has 0 aliphatic rings. The maximum Gasteiger partial charge on any atom is 0.265 e. The lowest BCUT2D eigenvalue weighted by Crippen LogP contribution is -2.11. The summed E-state index contributed by atoms with van der Waals surface area (Å²) in [6, 6.07) is 3.67. The highest BCUT2D eigenvalue weighted by Crippen LogP contribution is 2.28. The summed E-state index contributed by atoms with van der Waals surface area (Å²) in [4.78, 5) is 16.7. The van der Waals surface area contributed by atoms with Crippen molar-refractivity contribution in [3.05, 3.63) is 44.3 Å². The van der Waals surface area contributed by atoms with Gasteiger partial charge in [-0.15, -0.1) is 11.3 Å². The molecule has 17 heavy (non-hydrogen) atoms. The number of aryl methyl sites for hydroxylation is 2. The Morgan fingerprint density at radius 2 is 2.18 bits per heavy atom. The van der Waals surface area contributed by atoms with Crippen LogP contribution >= 0.6 is 27.3 Å². The van der Waals surface area contributed by atoms with Gasteiger partial charge in [0.15, 0.2) is 0 Å². The quantitative estimate of drug-likeness (QED) is 0.917. The van der Waals surface area contributed by atoms with Gasteiger partial charge in [0.1, 0.15) is 0 Å². The number of pyridine rings is 1. The molecule has 0 saturated heterocycles. The molecule has 3 nitrogen and oxygen atoms in total. The smallest absolute Gasteiger partial charge is 0.265 e. The van der Waals surface area contributed by atoms with Gasteiger partial charge in [0.05, 0.1) is 8.66 Å². The number of anilines is 1. The number of halogens is 1. The van der Waals surface area contributed by atoms with Gasteiger partial charge in [0.25, 0.3) is 5.91 Å². The fourth-order valence-corrected chi connectivity index (χ4v) is 2.80. The number of nitrogens with zero attached hydrogens (tertiary/aromatic N) is 1. The molecule has 0 bridgehead atoms. The first-order chi connectivity index (χ1) is 8.08. The number of aromatic nitrogens is 1. The standard InChI is InChI=1S/C12H11BrN2OS/c1-7-5-10(17-11(7)13)12(16)15-9-3-4-14-6-8(9)2/h3-6H,1-2H3,(H,14,15,16). The van der Waals surface area contributed by atoms with Crippen molar-refractivity contribution in [2.24, 2.45) is 0 Å². The zero-order chi connectivity index (χ0) is 12.4. The highest BCUT2D eigenvalue weighted by Gasteiger charge is 2.12. The highest BCUT2D eigenvalue weighted by molar-refractivity contribution is 9.11. The molecule has 2 rings (SSSR count). The van der Waals surface area contributed by atoms with Crippen molar-refractivity contribution in [3.8, 4) is 0 Å². The molecule has 2 aromatic heterocycles. The third-order valence-corrected chi connectivity index (χ3v) is 4.48. The van der Waals surface area contributed by atoms with Crippen LogP contribution in [0.15, 0.2) is 28.3 Å². The van der Waals surface area contributed by atoms with Crippen LogP contribution in [0.3, 0.4) is 0 Å². The van der Waals surface area contributed by atoms with Gasteiger partial charge in [0, 0.05) is 18.1 Å². The SMILES string of the molecule is Cc1cnccc1NC(=O)c1cc(C)c(Br)s1. The second kappa shape index (κ2) is 4.98. The molecule has 1 amide bonds. The van der Waals surface area contributed by atoms with E-state index >= 15 is 0 Å². The maximum absolute atomic E-state index is 12.0. The van der Waals surface area contributed by atoms with Gasteiger partial charge in [0.2, 0.25) is 0 Å². The lowest BCUT2D eigenvalue weighted by Gasteiger charge is -2.05. The monoisotopic (exact) mass is 310 g/mol.